The van der Waals surface area contributed by atoms with Gasteiger partial charge in [-0.25, -0.2) is 0 Å². The molecule has 4 heteroatoms. The van der Waals surface area contributed by atoms with E-state index < -0.39 is 0 Å². The Morgan fingerprint density at radius 1 is 1.38 bits per heavy atom. The Bertz CT molecular complexity index is 541. The molecule has 0 atom stereocenters. The molecule has 0 radical (unpaired) electrons. The van der Waals surface area contributed by atoms with E-state index in [4.69, 9.17) is 0 Å². The Labute approximate surface area is 92.5 Å². The van der Waals surface area contributed by atoms with Gasteiger partial charge in [-0.3, -0.25) is 4.79 Å². The molecule has 1 amide bonds. The minimum absolute atomic E-state index is 0.00417. The molecule has 16 heavy (non-hydrogen) atoms. The third kappa shape index (κ3) is 1.31. The number of aromatic amines is 1. The lowest BCUT2D eigenvalue weighted by Crippen LogP contribution is -2.53. The molecule has 0 aliphatic carbocycles. The second-order valence-corrected chi connectivity index (χ2v) is 4.11. The number of rotatable bonds is 1. The molecule has 82 valence electrons. The number of H-pyrrole nitrogens is 1. The molecule has 2 heterocycles. The summed E-state index contributed by atoms with van der Waals surface area (Å²) in [6, 6.07) is 7.53. The number of likely N-dealkylation sites (tertiary alicyclic amines) is 1. The van der Waals surface area contributed by atoms with Crippen LogP contribution < -0.4 is 0 Å². The molecule has 0 bridgehead atoms. The summed E-state index contributed by atoms with van der Waals surface area (Å²) in [5.74, 6) is -0.00417. The maximum Gasteiger partial charge on any atom is 0.254 e. The fourth-order valence-corrected chi connectivity index (χ4v) is 2.06. The Kier molecular flexibility index (Phi) is 1.97. The van der Waals surface area contributed by atoms with Crippen LogP contribution >= 0.6 is 0 Å². The number of fused-ring (bicyclic) bond motifs is 1. The third-order valence-electron chi connectivity index (χ3n) is 2.97. The number of carbonyl (C=O) groups excluding carboxylic acids is 1. The largest absolute Gasteiger partial charge is 0.389 e. The normalized spacial score (nSPS) is 16.4. The second kappa shape index (κ2) is 3.35. The average molecular weight is 216 g/mol. The zero-order chi connectivity index (χ0) is 11.1. The molecule has 3 rings (SSSR count). The van der Waals surface area contributed by atoms with Crippen molar-refractivity contribution in [3.8, 4) is 0 Å². The summed E-state index contributed by atoms with van der Waals surface area (Å²) in [7, 11) is 0. The van der Waals surface area contributed by atoms with Gasteiger partial charge in [-0.05, 0) is 18.2 Å². The predicted molar refractivity (Wildman–Crippen MR) is 60.2 cm³/mol. The summed E-state index contributed by atoms with van der Waals surface area (Å²) < 4.78 is 0. The van der Waals surface area contributed by atoms with Gasteiger partial charge in [0.1, 0.15) is 0 Å². The average Bonchev–Trinajstić information content (AvgIpc) is 2.71. The predicted octanol–water partition coefficient (Wildman–Crippen LogP) is 0.985. The zero-order valence-electron chi connectivity index (χ0n) is 8.68. The van der Waals surface area contributed by atoms with Crippen LogP contribution in [0, 0.1) is 0 Å². The highest BCUT2D eigenvalue weighted by atomic mass is 16.3. The summed E-state index contributed by atoms with van der Waals surface area (Å²) in [5.41, 5.74) is 1.66. The van der Waals surface area contributed by atoms with Gasteiger partial charge >= 0.3 is 0 Å². The molecule has 0 saturated carbocycles. The third-order valence-corrected chi connectivity index (χ3v) is 2.97. The standard InChI is InChI=1S/C12H12N2O2/c15-8-6-14(7-8)12(16)10-2-1-3-11-9(10)4-5-13-11/h1-5,8,13,15H,6-7H2. The maximum atomic E-state index is 12.1. The van der Waals surface area contributed by atoms with Crippen LogP contribution in [0.4, 0.5) is 0 Å². The lowest BCUT2D eigenvalue weighted by atomic mass is 10.1. The van der Waals surface area contributed by atoms with Crippen LogP contribution in [0.15, 0.2) is 30.5 Å². The second-order valence-electron chi connectivity index (χ2n) is 4.11. The van der Waals surface area contributed by atoms with E-state index in [2.05, 4.69) is 4.98 Å². The van der Waals surface area contributed by atoms with Crippen molar-refractivity contribution in [3.63, 3.8) is 0 Å². The topological polar surface area (TPSA) is 56.3 Å². The van der Waals surface area contributed by atoms with Gasteiger partial charge in [-0.2, -0.15) is 0 Å². The van der Waals surface area contributed by atoms with Gasteiger partial charge in [0.05, 0.1) is 6.10 Å². The van der Waals surface area contributed by atoms with Gasteiger partial charge in [0, 0.05) is 35.8 Å². The maximum absolute atomic E-state index is 12.1. The van der Waals surface area contributed by atoms with Gasteiger partial charge in [0.25, 0.3) is 5.91 Å². The molecule has 2 N–H and O–H groups in total. The number of hydrogen-bond acceptors (Lipinski definition) is 2. The van der Waals surface area contributed by atoms with Gasteiger partial charge in [-0.1, -0.05) is 6.07 Å². The van der Waals surface area contributed by atoms with E-state index in [1.54, 1.807) is 4.90 Å². The Morgan fingerprint density at radius 2 is 2.19 bits per heavy atom. The molecule has 1 fully saturated rings. The molecular formula is C12H12N2O2. The van der Waals surface area contributed by atoms with Crippen molar-refractivity contribution in [2.45, 2.75) is 6.10 Å². The van der Waals surface area contributed by atoms with E-state index in [1.807, 2.05) is 30.5 Å². The van der Waals surface area contributed by atoms with E-state index in [0.29, 0.717) is 18.7 Å². The number of nitrogens with one attached hydrogen (secondary N) is 1. The van der Waals surface area contributed by atoms with Gasteiger partial charge in [-0.15, -0.1) is 0 Å². The van der Waals surface area contributed by atoms with Crippen LogP contribution in [0.25, 0.3) is 10.9 Å². The molecule has 1 saturated heterocycles. The number of aliphatic hydroxyl groups is 1. The molecule has 0 unspecified atom stereocenters. The Balaban J connectivity index is 1.99. The molecule has 1 aromatic carbocycles. The molecule has 1 aromatic heterocycles. The summed E-state index contributed by atoms with van der Waals surface area (Å²) in [5, 5.41) is 10.1. The number of hydrogen-bond donors (Lipinski definition) is 2. The lowest BCUT2D eigenvalue weighted by Gasteiger charge is -2.36. The molecule has 2 aromatic rings. The van der Waals surface area contributed by atoms with E-state index >= 15 is 0 Å². The van der Waals surface area contributed by atoms with Gasteiger partial charge < -0.3 is 15.0 Å². The van der Waals surface area contributed by atoms with E-state index in [-0.39, 0.29) is 12.0 Å². The number of β-amino-alcohol motifs (C(OH)–C–C–N with tert-alkyl or cyclic N) is 1. The van der Waals surface area contributed by atoms with Crippen molar-refractivity contribution < 1.29 is 9.90 Å². The fourth-order valence-electron chi connectivity index (χ4n) is 2.06. The summed E-state index contributed by atoms with van der Waals surface area (Å²) in [4.78, 5) is 16.8. The zero-order valence-corrected chi connectivity index (χ0v) is 8.68. The minimum atomic E-state index is -0.352. The quantitative estimate of drug-likeness (QED) is 0.746. The molecule has 0 spiro atoms. The Hall–Kier alpha value is -1.81. The van der Waals surface area contributed by atoms with Crippen molar-refractivity contribution >= 4 is 16.8 Å². The number of aliphatic hydroxyl groups excluding tert-OH is 1. The van der Waals surface area contributed by atoms with Crippen LogP contribution in [0.1, 0.15) is 10.4 Å². The summed E-state index contributed by atoms with van der Waals surface area (Å²) in [6.07, 6.45) is 1.47. The highest BCUT2D eigenvalue weighted by Crippen LogP contribution is 2.21. The molecular weight excluding hydrogens is 204 g/mol. The number of aromatic nitrogens is 1. The smallest absolute Gasteiger partial charge is 0.254 e. The van der Waals surface area contributed by atoms with Crippen molar-refractivity contribution in [2.24, 2.45) is 0 Å². The van der Waals surface area contributed by atoms with Crippen molar-refractivity contribution in [1.82, 2.24) is 9.88 Å². The van der Waals surface area contributed by atoms with E-state index in [0.717, 1.165) is 10.9 Å². The SMILES string of the molecule is O=C(c1cccc2[nH]ccc12)N1CC(O)C1. The monoisotopic (exact) mass is 216 g/mol. The van der Waals surface area contributed by atoms with Gasteiger partial charge in [0.15, 0.2) is 0 Å². The highest BCUT2D eigenvalue weighted by molar-refractivity contribution is 6.06. The first kappa shape index (κ1) is 9.42. The van der Waals surface area contributed by atoms with Crippen molar-refractivity contribution in [2.75, 3.05) is 13.1 Å². The summed E-state index contributed by atoms with van der Waals surface area (Å²) in [6.45, 7) is 0.888. The number of nitrogens with zero attached hydrogens (tertiary/aromatic N) is 1. The van der Waals surface area contributed by atoms with Crippen LogP contribution in [0.3, 0.4) is 0 Å². The Morgan fingerprint density at radius 3 is 2.94 bits per heavy atom. The number of benzene rings is 1. The van der Waals surface area contributed by atoms with E-state index in [1.165, 1.54) is 0 Å². The van der Waals surface area contributed by atoms with Crippen LogP contribution in [0.2, 0.25) is 0 Å². The molecule has 1 aliphatic heterocycles. The first-order chi connectivity index (χ1) is 7.75. The van der Waals surface area contributed by atoms with Gasteiger partial charge in [0.2, 0.25) is 0 Å². The van der Waals surface area contributed by atoms with Crippen LogP contribution in [-0.4, -0.2) is 40.1 Å². The minimum Gasteiger partial charge on any atom is -0.389 e. The lowest BCUT2D eigenvalue weighted by molar-refractivity contribution is 0.00603. The van der Waals surface area contributed by atoms with Crippen molar-refractivity contribution in [3.05, 3.63) is 36.0 Å². The number of carbonyl (C=O) groups is 1. The fraction of sp³-hybridized carbons (Fsp3) is 0.250. The first-order valence-corrected chi connectivity index (χ1v) is 5.29. The first-order valence-electron chi connectivity index (χ1n) is 5.29. The number of amides is 1. The summed E-state index contributed by atoms with van der Waals surface area (Å²) >= 11 is 0. The highest BCUT2D eigenvalue weighted by Gasteiger charge is 2.30. The molecule has 4 nitrogen and oxygen atoms in total. The van der Waals surface area contributed by atoms with E-state index in [9.17, 15) is 9.90 Å². The van der Waals surface area contributed by atoms with Crippen molar-refractivity contribution in [1.29, 1.82) is 0 Å². The molecule has 1 aliphatic rings. The van der Waals surface area contributed by atoms with Crippen LogP contribution in [0.5, 0.6) is 0 Å². The van der Waals surface area contributed by atoms with Crippen LogP contribution in [-0.2, 0) is 0 Å².